The van der Waals surface area contributed by atoms with Crippen LogP contribution in [0, 0.1) is 6.92 Å². The number of fused-ring (bicyclic) bond motifs is 1. The van der Waals surface area contributed by atoms with E-state index in [0.29, 0.717) is 0 Å². The number of furan rings is 1. The van der Waals surface area contributed by atoms with E-state index in [4.69, 9.17) is 14.9 Å². The number of ether oxygens (including phenoxy) is 1. The molecule has 0 radical (unpaired) electrons. The second-order valence-electron chi connectivity index (χ2n) is 4.77. The molecular weight excluding hydrogens is 214 g/mol. The summed E-state index contributed by atoms with van der Waals surface area (Å²) in [5.41, 5.74) is 8.32. The highest BCUT2D eigenvalue weighted by molar-refractivity contribution is 5.78. The molecule has 2 atom stereocenters. The molecule has 90 valence electrons. The van der Waals surface area contributed by atoms with Gasteiger partial charge in [0.25, 0.3) is 0 Å². The minimum absolute atomic E-state index is 0.108. The Morgan fingerprint density at radius 1 is 1.35 bits per heavy atom. The van der Waals surface area contributed by atoms with Crippen LogP contribution in [0.25, 0.3) is 11.0 Å². The van der Waals surface area contributed by atoms with Crippen LogP contribution in [0.4, 0.5) is 0 Å². The van der Waals surface area contributed by atoms with Crippen LogP contribution in [0.15, 0.2) is 28.7 Å². The molecule has 0 aliphatic carbocycles. The van der Waals surface area contributed by atoms with Gasteiger partial charge >= 0.3 is 0 Å². The van der Waals surface area contributed by atoms with Crippen LogP contribution in [-0.2, 0) is 4.74 Å². The smallest absolute Gasteiger partial charge is 0.134 e. The SMILES string of the molecule is Cc1ccc2oc(C(N)C3CCCO3)cc2c1. The van der Waals surface area contributed by atoms with Crippen molar-refractivity contribution >= 4 is 11.0 Å². The second-order valence-corrected chi connectivity index (χ2v) is 4.77. The lowest BCUT2D eigenvalue weighted by atomic mass is 10.1. The maximum Gasteiger partial charge on any atom is 0.134 e. The Bertz CT molecular complexity index is 526. The Labute approximate surface area is 101 Å². The number of hydrogen-bond donors (Lipinski definition) is 1. The maximum atomic E-state index is 6.18. The normalized spacial score (nSPS) is 22.1. The van der Waals surface area contributed by atoms with Crippen LogP contribution >= 0.6 is 0 Å². The molecule has 1 fully saturated rings. The molecule has 1 aromatic carbocycles. The van der Waals surface area contributed by atoms with Gasteiger partial charge in [-0.1, -0.05) is 11.6 Å². The summed E-state index contributed by atoms with van der Waals surface area (Å²) in [6, 6.07) is 8.05. The first-order valence-corrected chi connectivity index (χ1v) is 6.11. The Hall–Kier alpha value is -1.32. The van der Waals surface area contributed by atoms with Gasteiger partial charge in [-0.3, -0.25) is 0 Å². The minimum atomic E-state index is -0.148. The number of rotatable bonds is 2. The number of benzene rings is 1. The largest absolute Gasteiger partial charge is 0.459 e. The van der Waals surface area contributed by atoms with Gasteiger partial charge in [0.1, 0.15) is 11.3 Å². The van der Waals surface area contributed by atoms with E-state index < -0.39 is 0 Å². The highest BCUT2D eigenvalue weighted by atomic mass is 16.5. The molecule has 2 heterocycles. The Morgan fingerprint density at radius 2 is 2.24 bits per heavy atom. The summed E-state index contributed by atoms with van der Waals surface area (Å²) in [5.74, 6) is 0.831. The molecule has 2 N–H and O–H groups in total. The van der Waals surface area contributed by atoms with Gasteiger partial charge in [-0.05, 0) is 38.0 Å². The first kappa shape index (κ1) is 10.8. The highest BCUT2D eigenvalue weighted by Crippen LogP contribution is 2.29. The summed E-state index contributed by atoms with van der Waals surface area (Å²) in [4.78, 5) is 0. The Kier molecular flexibility index (Phi) is 2.65. The van der Waals surface area contributed by atoms with Crippen molar-refractivity contribution in [2.75, 3.05) is 6.61 Å². The zero-order valence-electron chi connectivity index (χ0n) is 9.98. The van der Waals surface area contributed by atoms with Crippen LogP contribution < -0.4 is 5.73 Å². The molecule has 1 aliphatic rings. The number of nitrogens with two attached hydrogens (primary N) is 1. The maximum absolute atomic E-state index is 6.18. The first-order chi connectivity index (χ1) is 8.24. The molecule has 0 bridgehead atoms. The van der Waals surface area contributed by atoms with Crippen molar-refractivity contribution in [3.63, 3.8) is 0 Å². The molecule has 2 unspecified atom stereocenters. The lowest BCUT2D eigenvalue weighted by Crippen LogP contribution is -2.24. The molecule has 1 saturated heterocycles. The van der Waals surface area contributed by atoms with E-state index in [-0.39, 0.29) is 12.1 Å². The van der Waals surface area contributed by atoms with Crippen LogP contribution in [0.2, 0.25) is 0 Å². The topological polar surface area (TPSA) is 48.4 Å². The zero-order chi connectivity index (χ0) is 11.8. The summed E-state index contributed by atoms with van der Waals surface area (Å²) in [6.45, 7) is 2.89. The fraction of sp³-hybridized carbons (Fsp3) is 0.429. The van der Waals surface area contributed by atoms with Crippen molar-refractivity contribution in [2.45, 2.75) is 31.9 Å². The van der Waals surface area contributed by atoms with Gasteiger partial charge in [0.15, 0.2) is 0 Å². The molecule has 0 saturated carbocycles. The predicted molar refractivity (Wildman–Crippen MR) is 66.9 cm³/mol. The van der Waals surface area contributed by atoms with E-state index in [9.17, 15) is 0 Å². The number of hydrogen-bond acceptors (Lipinski definition) is 3. The fourth-order valence-electron chi connectivity index (χ4n) is 2.42. The van der Waals surface area contributed by atoms with Crippen molar-refractivity contribution in [1.82, 2.24) is 0 Å². The third kappa shape index (κ3) is 1.96. The summed E-state index contributed by atoms with van der Waals surface area (Å²) < 4.78 is 11.4. The lowest BCUT2D eigenvalue weighted by molar-refractivity contribution is 0.0843. The molecular formula is C14H17NO2. The van der Waals surface area contributed by atoms with E-state index in [2.05, 4.69) is 13.0 Å². The van der Waals surface area contributed by atoms with Gasteiger partial charge in [-0.25, -0.2) is 0 Å². The van der Waals surface area contributed by atoms with Crippen molar-refractivity contribution in [2.24, 2.45) is 5.73 Å². The molecule has 2 aromatic rings. The zero-order valence-corrected chi connectivity index (χ0v) is 9.98. The fourth-order valence-corrected chi connectivity index (χ4v) is 2.42. The van der Waals surface area contributed by atoms with Crippen LogP contribution in [0.3, 0.4) is 0 Å². The molecule has 3 nitrogen and oxygen atoms in total. The first-order valence-electron chi connectivity index (χ1n) is 6.11. The summed E-state index contributed by atoms with van der Waals surface area (Å²) in [6.07, 6.45) is 2.23. The molecule has 1 aliphatic heterocycles. The van der Waals surface area contributed by atoms with Crippen molar-refractivity contribution in [3.8, 4) is 0 Å². The molecule has 1 aromatic heterocycles. The van der Waals surface area contributed by atoms with E-state index in [1.54, 1.807) is 0 Å². The van der Waals surface area contributed by atoms with Gasteiger partial charge in [0.2, 0.25) is 0 Å². The van der Waals surface area contributed by atoms with Gasteiger partial charge in [-0.2, -0.15) is 0 Å². The van der Waals surface area contributed by atoms with Crippen molar-refractivity contribution in [1.29, 1.82) is 0 Å². The third-order valence-corrected chi connectivity index (χ3v) is 3.38. The summed E-state index contributed by atoms with van der Waals surface area (Å²) in [7, 11) is 0. The van der Waals surface area contributed by atoms with Gasteiger partial charge in [-0.15, -0.1) is 0 Å². The lowest BCUT2D eigenvalue weighted by Gasteiger charge is -2.15. The van der Waals surface area contributed by atoms with Gasteiger partial charge in [0.05, 0.1) is 12.1 Å². The molecule has 3 rings (SSSR count). The Balaban J connectivity index is 1.94. The Morgan fingerprint density at radius 3 is 3.00 bits per heavy atom. The number of aryl methyl sites for hydroxylation is 1. The monoisotopic (exact) mass is 231 g/mol. The van der Waals surface area contributed by atoms with E-state index in [1.165, 1.54) is 5.56 Å². The summed E-state index contributed by atoms with van der Waals surface area (Å²) in [5, 5.41) is 1.12. The van der Waals surface area contributed by atoms with Crippen molar-refractivity contribution < 1.29 is 9.15 Å². The van der Waals surface area contributed by atoms with Crippen LogP contribution in [0.1, 0.15) is 30.2 Å². The van der Waals surface area contributed by atoms with E-state index >= 15 is 0 Å². The van der Waals surface area contributed by atoms with Crippen molar-refractivity contribution in [3.05, 3.63) is 35.6 Å². The standard InChI is InChI=1S/C14H17NO2/c1-9-4-5-11-10(7-9)8-13(17-11)14(15)12-3-2-6-16-12/h4-5,7-8,12,14H,2-3,6,15H2,1H3. The molecule has 0 spiro atoms. The summed E-state index contributed by atoms with van der Waals surface area (Å²) >= 11 is 0. The second kappa shape index (κ2) is 4.17. The minimum Gasteiger partial charge on any atom is -0.459 e. The van der Waals surface area contributed by atoms with Gasteiger partial charge in [0, 0.05) is 12.0 Å². The van der Waals surface area contributed by atoms with Crippen LogP contribution in [-0.4, -0.2) is 12.7 Å². The van der Waals surface area contributed by atoms with E-state index in [0.717, 1.165) is 36.2 Å². The third-order valence-electron chi connectivity index (χ3n) is 3.38. The average Bonchev–Trinajstić information content (AvgIpc) is 2.96. The highest BCUT2D eigenvalue weighted by Gasteiger charge is 2.26. The van der Waals surface area contributed by atoms with E-state index in [1.807, 2.05) is 18.2 Å². The molecule has 0 amide bonds. The van der Waals surface area contributed by atoms with Crippen LogP contribution in [0.5, 0.6) is 0 Å². The molecule has 3 heteroatoms. The molecule has 17 heavy (non-hydrogen) atoms. The predicted octanol–water partition coefficient (Wildman–Crippen LogP) is 2.92. The average molecular weight is 231 g/mol. The van der Waals surface area contributed by atoms with Gasteiger partial charge < -0.3 is 14.9 Å². The quantitative estimate of drug-likeness (QED) is 0.864.